The van der Waals surface area contributed by atoms with E-state index in [0.717, 1.165) is 27.6 Å². The molecule has 2 aliphatic heterocycles. The lowest BCUT2D eigenvalue weighted by atomic mass is 9.99. The zero-order valence-corrected chi connectivity index (χ0v) is 24.7. The van der Waals surface area contributed by atoms with Crippen LogP contribution < -0.4 is 21.7 Å². The molecule has 3 aromatic carbocycles. The summed E-state index contributed by atoms with van der Waals surface area (Å²) in [5, 5.41) is 9.62. The molecule has 45 heavy (non-hydrogen) atoms. The van der Waals surface area contributed by atoms with Gasteiger partial charge >= 0.3 is 0 Å². The average Bonchev–Trinajstić information content (AvgIpc) is 3.59. The molecule has 0 bridgehead atoms. The number of hydrogen-bond acceptors (Lipinski definition) is 5. The quantitative estimate of drug-likeness (QED) is 0.213. The molecule has 0 spiro atoms. The van der Waals surface area contributed by atoms with Crippen molar-refractivity contribution in [3.8, 4) is 0 Å². The number of nitrogens with one attached hydrogen (secondary N) is 4. The van der Waals surface area contributed by atoms with Crippen molar-refractivity contribution in [2.24, 2.45) is 5.73 Å². The highest BCUT2D eigenvalue weighted by molar-refractivity contribution is 5.99. The number of carbonyl (C=O) groups is 4. The van der Waals surface area contributed by atoms with E-state index >= 15 is 0 Å². The van der Waals surface area contributed by atoms with E-state index in [4.69, 9.17) is 5.73 Å². The van der Waals surface area contributed by atoms with Gasteiger partial charge in [0.1, 0.15) is 24.2 Å². The van der Waals surface area contributed by atoms with Gasteiger partial charge in [-0.25, -0.2) is 0 Å². The molecule has 1 aromatic heterocycles. The number of carbonyl (C=O) groups excluding carboxylic acids is 4. The van der Waals surface area contributed by atoms with Crippen LogP contribution in [0.4, 0.5) is 0 Å². The minimum Gasteiger partial charge on any atom is -0.361 e. The van der Waals surface area contributed by atoms with E-state index in [9.17, 15) is 19.2 Å². The number of aromatic nitrogens is 1. The molecule has 0 radical (unpaired) electrons. The normalized spacial score (nSPS) is 24.3. The number of amides is 4. The Kier molecular flexibility index (Phi) is 8.48. The van der Waals surface area contributed by atoms with Crippen LogP contribution in [0.2, 0.25) is 0 Å². The molecule has 2 fully saturated rings. The van der Waals surface area contributed by atoms with Crippen molar-refractivity contribution in [1.29, 1.82) is 0 Å². The maximum Gasteiger partial charge on any atom is 0.247 e. The SMILES string of the molecule is C=C1[C@@H]2C(=O)N[C@@H](Cc3ccccc3)C(=O)N[C@@H](Cc3c[nH]c4ccccc34)C(=O)N[C@@H](Cc3ccccc3)C(=O)N2C[C@H]1N. The number of benzene rings is 3. The molecule has 4 aromatic rings. The largest absolute Gasteiger partial charge is 0.361 e. The first-order valence-electron chi connectivity index (χ1n) is 15.1. The van der Waals surface area contributed by atoms with Gasteiger partial charge in [-0.15, -0.1) is 0 Å². The summed E-state index contributed by atoms with van der Waals surface area (Å²) >= 11 is 0. The average molecular weight is 605 g/mol. The van der Waals surface area contributed by atoms with Crippen molar-refractivity contribution < 1.29 is 19.2 Å². The summed E-state index contributed by atoms with van der Waals surface area (Å²) < 4.78 is 0. The molecule has 2 aliphatic rings. The van der Waals surface area contributed by atoms with E-state index < -0.39 is 53.8 Å². The minimum absolute atomic E-state index is 0.0607. The number of hydrogen-bond donors (Lipinski definition) is 5. The molecule has 0 aliphatic carbocycles. The molecule has 5 atom stereocenters. The maximum absolute atomic E-state index is 14.2. The van der Waals surface area contributed by atoms with Crippen molar-refractivity contribution in [2.75, 3.05) is 6.54 Å². The molecule has 10 heteroatoms. The third kappa shape index (κ3) is 6.37. The van der Waals surface area contributed by atoms with Crippen LogP contribution in [0.15, 0.2) is 103 Å². The van der Waals surface area contributed by atoms with E-state index in [0.29, 0.717) is 5.57 Å². The molecule has 2 saturated heterocycles. The lowest BCUT2D eigenvalue weighted by Crippen LogP contribution is -2.62. The number of nitrogens with zero attached hydrogens (tertiary/aromatic N) is 1. The topological polar surface area (TPSA) is 149 Å². The summed E-state index contributed by atoms with van der Waals surface area (Å²) in [4.78, 5) is 60.7. The van der Waals surface area contributed by atoms with Crippen LogP contribution in [0, 0.1) is 0 Å². The number of para-hydroxylation sites is 1. The fraction of sp³-hybridized carbons (Fsp3) is 0.257. The highest BCUT2D eigenvalue weighted by atomic mass is 16.2. The number of aromatic amines is 1. The number of fused-ring (bicyclic) bond motifs is 2. The molecule has 6 rings (SSSR count). The maximum atomic E-state index is 14.2. The van der Waals surface area contributed by atoms with Crippen molar-refractivity contribution in [3.05, 3.63) is 120 Å². The predicted octanol–water partition coefficient (Wildman–Crippen LogP) is 1.76. The van der Waals surface area contributed by atoms with Gasteiger partial charge in [-0.2, -0.15) is 0 Å². The molecule has 6 N–H and O–H groups in total. The van der Waals surface area contributed by atoms with Gasteiger partial charge in [0, 0.05) is 48.9 Å². The first-order valence-corrected chi connectivity index (χ1v) is 15.1. The zero-order chi connectivity index (χ0) is 31.5. The van der Waals surface area contributed by atoms with Gasteiger partial charge in [0.05, 0.1) is 0 Å². The van der Waals surface area contributed by atoms with Gasteiger partial charge in [0.15, 0.2) is 0 Å². The van der Waals surface area contributed by atoms with Gasteiger partial charge in [-0.3, -0.25) is 19.2 Å². The molecule has 0 saturated carbocycles. The first kappa shape index (κ1) is 29.8. The Labute approximate surface area is 261 Å². The standard InChI is InChI=1S/C35H36N6O4/c1-21-26(36)20-41-31(21)34(44)39-28(16-22-10-4-2-5-11-22)32(42)38-29(18-24-19-37-27-15-9-8-14-25(24)27)33(43)40-30(35(41)45)17-23-12-6-3-7-13-23/h2-15,19,26,28-31,37H,1,16-18,20,36H2,(H,38,42)(H,39,44)(H,40,43)/t26-,28+,29+,30+,31-/m1/s1. The van der Waals surface area contributed by atoms with Crippen molar-refractivity contribution in [2.45, 2.75) is 49.5 Å². The second-order valence-corrected chi connectivity index (χ2v) is 11.7. The molecular formula is C35H36N6O4. The van der Waals surface area contributed by atoms with Crippen LogP contribution >= 0.6 is 0 Å². The molecule has 3 heterocycles. The Balaban J connectivity index is 1.39. The summed E-state index contributed by atoms with van der Waals surface area (Å²) in [5.41, 5.74) is 10.1. The third-order valence-corrected chi connectivity index (χ3v) is 8.61. The Hall–Kier alpha value is -5.22. The molecule has 0 unspecified atom stereocenters. The van der Waals surface area contributed by atoms with Crippen LogP contribution in [-0.4, -0.2) is 70.3 Å². The summed E-state index contributed by atoms with van der Waals surface area (Å²) in [6.07, 6.45) is 2.34. The summed E-state index contributed by atoms with van der Waals surface area (Å²) in [7, 11) is 0. The van der Waals surface area contributed by atoms with Crippen LogP contribution in [-0.2, 0) is 38.4 Å². The van der Waals surface area contributed by atoms with Gasteiger partial charge < -0.3 is 31.6 Å². The number of nitrogens with two attached hydrogens (primary N) is 1. The second-order valence-electron chi connectivity index (χ2n) is 11.7. The summed E-state index contributed by atoms with van der Waals surface area (Å²) in [5.74, 6) is -2.01. The highest BCUT2D eigenvalue weighted by Gasteiger charge is 2.45. The molecule has 4 amide bonds. The Bertz CT molecular complexity index is 1740. The van der Waals surface area contributed by atoms with E-state index in [1.54, 1.807) is 0 Å². The second kappa shape index (κ2) is 12.8. The van der Waals surface area contributed by atoms with Gasteiger partial charge in [-0.1, -0.05) is 85.4 Å². The van der Waals surface area contributed by atoms with E-state index in [1.807, 2.05) is 91.1 Å². The lowest BCUT2D eigenvalue weighted by molar-refractivity contribution is -0.142. The summed E-state index contributed by atoms with van der Waals surface area (Å²) in [6, 6.07) is 21.5. The predicted molar refractivity (Wildman–Crippen MR) is 171 cm³/mol. The fourth-order valence-corrected chi connectivity index (χ4v) is 6.20. The van der Waals surface area contributed by atoms with Crippen molar-refractivity contribution >= 4 is 34.5 Å². The Morgan fingerprint density at radius 3 is 1.89 bits per heavy atom. The minimum atomic E-state index is -1.09. The number of H-pyrrole nitrogens is 1. The van der Waals surface area contributed by atoms with Gasteiger partial charge in [-0.05, 0) is 28.3 Å². The smallest absolute Gasteiger partial charge is 0.247 e. The Morgan fingerprint density at radius 2 is 1.22 bits per heavy atom. The van der Waals surface area contributed by atoms with E-state index in [1.165, 1.54) is 4.90 Å². The van der Waals surface area contributed by atoms with Gasteiger partial charge in [0.2, 0.25) is 23.6 Å². The zero-order valence-electron chi connectivity index (χ0n) is 24.7. The van der Waals surface area contributed by atoms with Crippen molar-refractivity contribution in [1.82, 2.24) is 25.8 Å². The summed E-state index contributed by atoms with van der Waals surface area (Å²) in [6.45, 7) is 4.09. The van der Waals surface area contributed by atoms with Crippen molar-refractivity contribution in [3.63, 3.8) is 0 Å². The molecule has 230 valence electrons. The molecular weight excluding hydrogens is 568 g/mol. The van der Waals surface area contributed by atoms with E-state index in [-0.39, 0.29) is 25.8 Å². The van der Waals surface area contributed by atoms with E-state index in [2.05, 4.69) is 27.5 Å². The first-order chi connectivity index (χ1) is 21.8. The molecule has 10 nitrogen and oxygen atoms in total. The number of rotatable bonds is 6. The fourth-order valence-electron chi connectivity index (χ4n) is 6.20. The van der Waals surface area contributed by atoms with Crippen LogP contribution in [0.1, 0.15) is 16.7 Å². The highest BCUT2D eigenvalue weighted by Crippen LogP contribution is 2.25. The lowest BCUT2D eigenvalue weighted by Gasteiger charge is -2.32. The van der Waals surface area contributed by atoms with Crippen LogP contribution in [0.5, 0.6) is 0 Å². The van der Waals surface area contributed by atoms with Gasteiger partial charge in [0.25, 0.3) is 0 Å². The Morgan fingerprint density at radius 1 is 0.689 bits per heavy atom. The third-order valence-electron chi connectivity index (χ3n) is 8.61. The van der Waals surface area contributed by atoms with Crippen LogP contribution in [0.3, 0.4) is 0 Å². The van der Waals surface area contributed by atoms with Crippen LogP contribution in [0.25, 0.3) is 10.9 Å². The monoisotopic (exact) mass is 604 g/mol.